The molecule has 0 aliphatic carbocycles. The Morgan fingerprint density at radius 2 is 0.762 bits per heavy atom. The number of hydrogen-bond donors (Lipinski definition) is 3. The van der Waals surface area contributed by atoms with Gasteiger partial charge in [0, 0.05) is 6.42 Å². The van der Waals surface area contributed by atoms with Crippen molar-refractivity contribution in [1.82, 2.24) is 5.32 Å². The minimum absolute atomic E-state index is 0.0425. The SMILES string of the molecule is CC/C=C\C/C=C\C/C=C\C/C=C\C/C=C\C/C=C\C/C=C\CCCCCCCC(=O)NC(COP(=O)(O)OCC[N+](C)(C)C)C(O)/C=C/CC/C=C/CC/C=C/CCCCCCCCCCCCCCCCCCCCCCC. The number of carbonyl (C=O) groups excluding carboxylic acids is 1. The van der Waals surface area contributed by atoms with Gasteiger partial charge in [0.15, 0.2) is 0 Å². The standard InChI is InChI=1S/C71H125N2O6P/c1-6-8-10-12-14-16-18-20-22-24-26-28-30-32-34-35-36-37-39-40-42-44-46-48-50-52-54-56-58-60-62-64-70(74)69(68-79-80(76,77)78-67-66-73(3,4)5)72-71(75)65-63-61-59-57-55-53-51-49-47-45-43-41-38-33-31-29-27-25-23-21-19-17-15-13-11-9-7-2/h9,11,15,17,21,23,27,29,33,38,43,45-46,48-49,51,54,56,62,64,69-70,74H,6-8,10,12-14,16,18-20,22,24-26,28,30-32,34-37,39-42,44,47,50,52-53,55,57-61,63,65-68H2,1-5H3,(H-,72,75,76,77)/p+1/b11-9-,17-15-,23-21-,29-27-,38-33-,45-43-,48-46+,51-49-,56-54+,64-62+. The molecule has 0 aromatic carbocycles. The molecule has 0 aliphatic rings. The minimum atomic E-state index is -4.38. The number of likely N-dealkylation sites (N-methyl/N-ethyl adjacent to an activating group) is 1. The number of aliphatic hydroxyl groups is 1. The molecule has 3 N–H and O–H groups in total. The summed E-state index contributed by atoms with van der Waals surface area (Å²) in [7, 11) is 1.52. The zero-order valence-electron chi connectivity index (χ0n) is 52.5. The zero-order chi connectivity index (χ0) is 58.4. The van der Waals surface area contributed by atoms with Gasteiger partial charge >= 0.3 is 7.82 Å². The van der Waals surface area contributed by atoms with Crippen LogP contribution >= 0.6 is 7.82 Å². The second-order valence-corrected chi connectivity index (χ2v) is 24.5. The van der Waals surface area contributed by atoms with Crippen molar-refractivity contribution in [3.05, 3.63) is 122 Å². The highest BCUT2D eigenvalue weighted by molar-refractivity contribution is 7.47. The fourth-order valence-corrected chi connectivity index (χ4v) is 9.79. The monoisotopic (exact) mass is 1130 g/mol. The molecule has 0 aliphatic heterocycles. The fraction of sp³-hybridized carbons (Fsp3) is 0.704. The van der Waals surface area contributed by atoms with Gasteiger partial charge in [0.1, 0.15) is 13.2 Å². The number of carbonyl (C=O) groups is 1. The van der Waals surface area contributed by atoms with Crippen molar-refractivity contribution in [1.29, 1.82) is 0 Å². The number of nitrogens with one attached hydrogen (secondary N) is 1. The van der Waals surface area contributed by atoms with E-state index in [1.165, 1.54) is 141 Å². The average Bonchev–Trinajstić information content (AvgIpc) is 3.42. The summed E-state index contributed by atoms with van der Waals surface area (Å²) in [6, 6.07) is -0.892. The first-order valence-electron chi connectivity index (χ1n) is 32.9. The first-order valence-corrected chi connectivity index (χ1v) is 34.4. The molecule has 0 saturated heterocycles. The van der Waals surface area contributed by atoms with E-state index in [1.54, 1.807) is 6.08 Å². The zero-order valence-corrected chi connectivity index (χ0v) is 53.4. The number of quaternary nitrogens is 1. The largest absolute Gasteiger partial charge is 0.472 e. The summed E-state index contributed by atoms with van der Waals surface area (Å²) in [5.74, 6) is -0.213. The summed E-state index contributed by atoms with van der Waals surface area (Å²) in [5.41, 5.74) is 0. The van der Waals surface area contributed by atoms with E-state index in [9.17, 15) is 19.4 Å². The molecule has 0 fully saturated rings. The summed E-state index contributed by atoms with van der Waals surface area (Å²) >= 11 is 0. The first kappa shape index (κ1) is 76.9. The Bertz CT molecular complexity index is 1720. The maximum atomic E-state index is 13.0. The normalized spacial score (nSPS) is 14.5. The maximum absolute atomic E-state index is 13.0. The van der Waals surface area contributed by atoms with E-state index in [-0.39, 0.29) is 19.1 Å². The third-order valence-corrected chi connectivity index (χ3v) is 15.1. The number of aliphatic hydroxyl groups excluding tert-OH is 1. The van der Waals surface area contributed by atoms with Crippen LogP contribution in [0.25, 0.3) is 0 Å². The highest BCUT2D eigenvalue weighted by Crippen LogP contribution is 2.43. The molecule has 0 bridgehead atoms. The van der Waals surface area contributed by atoms with Crippen molar-refractivity contribution in [2.75, 3.05) is 40.9 Å². The van der Waals surface area contributed by atoms with E-state index >= 15 is 0 Å². The number of phosphoric ester groups is 1. The molecule has 0 spiro atoms. The van der Waals surface area contributed by atoms with Crippen LogP contribution in [0.4, 0.5) is 0 Å². The van der Waals surface area contributed by atoms with Crippen LogP contribution in [-0.2, 0) is 18.4 Å². The number of allylic oxidation sites excluding steroid dienone is 19. The molecule has 460 valence electrons. The number of rotatable bonds is 59. The van der Waals surface area contributed by atoms with Gasteiger partial charge in [-0.2, -0.15) is 0 Å². The molecule has 0 aromatic rings. The van der Waals surface area contributed by atoms with Crippen LogP contribution in [0, 0.1) is 0 Å². The molecule has 0 saturated carbocycles. The molecule has 80 heavy (non-hydrogen) atoms. The molecule has 0 heterocycles. The lowest BCUT2D eigenvalue weighted by Gasteiger charge is -2.25. The summed E-state index contributed by atoms with van der Waals surface area (Å²) in [6.45, 7) is 4.67. The van der Waals surface area contributed by atoms with Crippen LogP contribution in [0.2, 0.25) is 0 Å². The number of phosphoric acid groups is 1. The van der Waals surface area contributed by atoms with Crippen LogP contribution in [0.1, 0.15) is 271 Å². The number of nitrogens with zero attached hydrogens (tertiary/aromatic N) is 1. The number of unbranched alkanes of at least 4 members (excludes halogenated alkanes) is 28. The van der Waals surface area contributed by atoms with Crippen molar-refractivity contribution in [2.45, 2.75) is 283 Å². The van der Waals surface area contributed by atoms with Gasteiger partial charge in [0.05, 0.1) is 39.9 Å². The van der Waals surface area contributed by atoms with Crippen molar-refractivity contribution < 1.29 is 32.9 Å². The summed E-state index contributed by atoms with van der Waals surface area (Å²) < 4.78 is 23.7. The van der Waals surface area contributed by atoms with Gasteiger partial charge in [0.2, 0.25) is 5.91 Å². The molecule has 1 amide bonds. The quantitative estimate of drug-likeness (QED) is 0.0243. The van der Waals surface area contributed by atoms with Crippen LogP contribution in [0.15, 0.2) is 122 Å². The van der Waals surface area contributed by atoms with Gasteiger partial charge in [-0.25, -0.2) is 4.57 Å². The van der Waals surface area contributed by atoms with Crippen LogP contribution in [0.3, 0.4) is 0 Å². The summed E-state index contributed by atoms with van der Waals surface area (Å²) in [6.07, 6.45) is 90.5. The topological polar surface area (TPSA) is 105 Å². The molecule has 3 atom stereocenters. The third-order valence-electron chi connectivity index (χ3n) is 14.1. The van der Waals surface area contributed by atoms with Crippen LogP contribution in [0.5, 0.6) is 0 Å². The third kappa shape index (κ3) is 62.5. The van der Waals surface area contributed by atoms with E-state index < -0.39 is 20.0 Å². The molecule has 0 radical (unpaired) electrons. The predicted octanol–water partition coefficient (Wildman–Crippen LogP) is 20.9. The predicted molar refractivity (Wildman–Crippen MR) is 350 cm³/mol. The van der Waals surface area contributed by atoms with Crippen molar-refractivity contribution >= 4 is 13.7 Å². The van der Waals surface area contributed by atoms with Gasteiger partial charge < -0.3 is 19.8 Å². The molecular formula is C71H126N2O6P+. The van der Waals surface area contributed by atoms with Gasteiger partial charge in [-0.05, 0) is 103 Å². The van der Waals surface area contributed by atoms with Gasteiger partial charge in [-0.3, -0.25) is 13.8 Å². The Balaban J connectivity index is 4.27. The van der Waals surface area contributed by atoms with Gasteiger partial charge in [-0.15, -0.1) is 0 Å². The second-order valence-electron chi connectivity index (χ2n) is 23.1. The van der Waals surface area contributed by atoms with E-state index in [1.807, 2.05) is 27.2 Å². The van der Waals surface area contributed by atoms with E-state index in [0.717, 1.165) is 109 Å². The highest BCUT2D eigenvalue weighted by Gasteiger charge is 2.27. The van der Waals surface area contributed by atoms with E-state index in [4.69, 9.17) is 9.05 Å². The molecular weight excluding hydrogens is 1010 g/mol. The lowest BCUT2D eigenvalue weighted by atomic mass is 10.0. The van der Waals surface area contributed by atoms with Crippen molar-refractivity contribution in [3.63, 3.8) is 0 Å². The smallest absolute Gasteiger partial charge is 0.387 e. The molecule has 0 aromatic heterocycles. The number of hydrogen-bond acceptors (Lipinski definition) is 5. The first-order chi connectivity index (χ1) is 39.0. The Labute approximate surface area is 494 Å². The Morgan fingerprint density at radius 1 is 0.438 bits per heavy atom. The maximum Gasteiger partial charge on any atom is 0.472 e. The lowest BCUT2D eigenvalue weighted by Crippen LogP contribution is -2.45. The van der Waals surface area contributed by atoms with E-state index in [0.29, 0.717) is 17.4 Å². The molecule has 3 unspecified atom stereocenters. The van der Waals surface area contributed by atoms with E-state index in [2.05, 4.69) is 129 Å². The molecule has 0 rings (SSSR count). The molecule has 8 nitrogen and oxygen atoms in total. The lowest BCUT2D eigenvalue weighted by molar-refractivity contribution is -0.870. The van der Waals surface area contributed by atoms with Gasteiger partial charge in [0.25, 0.3) is 0 Å². The fourth-order valence-electron chi connectivity index (χ4n) is 9.06. The van der Waals surface area contributed by atoms with Crippen LogP contribution < -0.4 is 5.32 Å². The average molecular weight is 1130 g/mol. The Morgan fingerprint density at radius 3 is 1.15 bits per heavy atom. The summed E-state index contributed by atoms with van der Waals surface area (Å²) in [4.78, 5) is 23.4. The minimum Gasteiger partial charge on any atom is -0.387 e. The Kier molecular flexibility index (Phi) is 58.1. The van der Waals surface area contributed by atoms with Crippen LogP contribution in [-0.4, -0.2) is 73.4 Å². The Hall–Kier alpha value is -3.10. The summed E-state index contributed by atoms with van der Waals surface area (Å²) in [5, 5.41) is 13.9. The van der Waals surface area contributed by atoms with Gasteiger partial charge in [-0.1, -0.05) is 283 Å². The second kappa shape index (κ2) is 60.5. The highest BCUT2D eigenvalue weighted by atomic mass is 31.2. The molecule has 9 heteroatoms. The van der Waals surface area contributed by atoms with Crippen molar-refractivity contribution in [3.8, 4) is 0 Å². The van der Waals surface area contributed by atoms with Crippen molar-refractivity contribution in [2.24, 2.45) is 0 Å². The number of amides is 1.